The van der Waals surface area contributed by atoms with E-state index in [2.05, 4.69) is 18.2 Å². The maximum Gasteiger partial charge on any atom is 0.107 e. The Hall–Kier alpha value is -0.900. The molecule has 18 heavy (non-hydrogen) atoms. The van der Waals surface area contributed by atoms with Crippen molar-refractivity contribution in [1.29, 1.82) is 0 Å². The summed E-state index contributed by atoms with van der Waals surface area (Å²) in [5.74, 6) is 0. The molecule has 1 N–H and O–H groups in total. The molecule has 3 rings (SSSR count). The van der Waals surface area contributed by atoms with Crippen molar-refractivity contribution in [3.63, 3.8) is 0 Å². The summed E-state index contributed by atoms with van der Waals surface area (Å²) in [6.45, 7) is 1.74. The standard InChI is InChI=1S/C15H20O3/c16-14(15-10-17-6-7-18-15)9-11-4-5-12-2-1-3-13(12)8-11/h4-5,8,14-16H,1-3,6-7,9-10H2. The van der Waals surface area contributed by atoms with Crippen LogP contribution in [0.1, 0.15) is 23.1 Å². The molecule has 1 aromatic carbocycles. The predicted octanol–water partition coefficient (Wildman–Crippen LogP) is 1.49. The van der Waals surface area contributed by atoms with Crippen LogP contribution in [-0.4, -0.2) is 37.1 Å². The Morgan fingerprint density at radius 1 is 1.22 bits per heavy atom. The molecule has 0 saturated carbocycles. The Morgan fingerprint density at radius 2 is 2.11 bits per heavy atom. The maximum absolute atomic E-state index is 10.2. The lowest BCUT2D eigenvalue weighted by atomic mass is 10.00. The summed E-state index contributed by atoms with van der Waals surface area (Å²) >= 11 is 0. The van der Waals surface area contributed by atoms with Crippen LogP contribution in [0.4, 0.5) is 0 Å². The number of benzene rings is 1. The van der Waals surface area contributed by atoms with Crippen LogP contribution in [0.2, 0.25) is 0 Å². The number of aryl methyl sites for hydroxylation is 2. The van der Waals surface area contributed by atoms with Crippen molar-refractivity contribution in [2.75, 3.05) is 19.8 Å². The van der Waals surface area contributed by atoms with Crippen molar-refractivity contribution in [3.8, 4) is 0 Å². The van der Waals surface area contributed by atoms with Crippen LogP contribution in [0.15, 0.2) is 18.2 Å². The molecule has 2 unspecified atom stereocenters. The molecule has 3 nitrogen and oxygen atoms in total. The average Bonchev–Trinajstić information content (AvgIpc) is 2.87. The van der Waals surface area contributed by atoms with E-state index in [4.69, 9.17) is 9.47 Å². The van der Waals surface area contributed by atoms with Crippen LogP contribution in [0.25, 0.3) is 0 Å². The van der Waals surface area contributed by atoms with E-state index in [1.54, 1.807) is 0 Å². The Balaban J connectivity index is 1.64. The van der Waals surface area contributed by atoms with Gasteiger partial charge in [-0.05, 0) is 36.0 Å². The van der Waals surface area contributed by atoms with Crippen molar-refractivity contribution >= 4 is 0 Å². The van der Waals surface area contributed by atoms with E-state index >= 15 is 0 Å². The molecule has 98 valence electrons. The van der Waals surface area contributed by atoms with E-state index in [0.717, 1.165) is 0 Å². The normalized spacial score (nSPS) is 24.8. The predicted molar refractivity (Wildman–Crippen MR) is 68.7 cm³/mol. The first-order valence-corrected chi connectivity index (χ1v) is 6.81. The number of ether oxygens (including phenoxy) is 2. The van der Waals surface area contributed by atoms with Crippen LogP contribution in [0.3, 0.4) is 0 Å². The van der Waals surface area contributed by atoms with Gasteiger partial charge in [-0.3, -0.25) is 0 Å². The molecular weight excluding hydrogens is 228 g/mol. The van der Waals surface area contributed by atoms with Crippen molar-refractivity contribution in [2.45, 2.75) is 37.9 Å². The van der Waals surface area contributed by atoms with Crippen molar-refractivity contribution in [1.82, 2.24) is 0 Å². The largest absolute Gasteiger partial charge is 0.390 e. The van der Waals surface area contributed by atoms with Gasteiger partial charge in [0.05, 0.1) is 25.9 Å². The van der Waals surface area contributed by atoms with Gasteiger partial charge in [0, 0.05) is 6.42 Å². The molecule has 0 aromatic heterocycles. The van der Waals surface area contributed by atoms with Gasteiger partial charge in [-0.1, -0.05) is 18.2 Å². The van der Waals surface area contributed by atoms with Crippen LogP contribution in [0, 0.1) is 0 Å². The zero-order valence-electron chi connectivity index (χ0n) is 10.6. The van der Waals surface area contributed by atoms with Crippen molar-refractivity contribution in [2.24, 2.45) is 0 Å². The minimum absolute atomic E-state index is 0.174. The Labute approximate surface area is 108 Å². The van der Waals surface area contributed by atoms with E-state index in [0.29, 0.717) is 26.2 Å². The lowest BCUT2D eigenvalue weighted by Gasteiger charge is -2.27. The van der Waals surface area contributed by atoms with Crippen LogP contribution >= 0.6 is 0 Å². The fourth-order valence-corrected chi connectivity index (χ4v) is 2.85. The second-order valence-electron chi connectivity index (χ2n) is 5.21. The first-order chi connectivity index (χ1) is 8.83. The average molecular weight is 248 g/mol. The number of aliphatic hydroxyl groups excluding tert-OH is 1. The maximum atomic E-state index is 10.2. The topological polar surface area (TPSA) is 38.7 Å². The minimum atomic E-state index is -0.468. The molecule has 2 atom stereocenters. The molecule has 3 heteroatoms. The highest BCUT2D eigenvalue weighted by Crippen LogP contribution is 2.23. The zero-order valence-corrected chi connectivity index (χ0v) is 10.6. The molecule has 1 fully saturated rings. The minimum Gasteiger partial charge on any atom is -0.390 e. The number of rotatable bonds is 3. The van der Waals surface area contributed by atoms with Gasteiger partial charge in [0.15, 0.2) is 0 Å². The molecule has 1 heterocycles. The molecule has 1 aliphatic carbocycles. The van der Waals surface area contributed by atoms with Crippen LogP contribution in [-0.2, 0) is 28.7 Å². The van der Waals surface area contributed by atoms with Gasteiger partial charge < -0.3 is 14.6 Å². The third kappa shape index (κ3) is 2.58. The van der Waals surface area contributed by atoms with Gasteiger partial charge in [-0.25, -0.2) is 0 Å². The fourth-order valence-electron chi connectivity index (χ4n) is 2.85. The molecular formula is C15H20O3. The fraction of sp³-hybridized carbons (Fsp3) is 0.600. The molecule has 0 radical (unpaired) electrons. The van der Waals surface area contributed by atoms with Crippen LogP contribution in [0.5, 0.6) is 0 Å². The number of fused-ring (bicyclic) bond motifs is 1. The number of aliphatic hydroxyl groups is 1. The summed E-state index contributed by atoms with van der Waals surface area (Å²) < 4.78 is 10.9. The molecule has 1 aromatic rings. The highest BCUT2D eigenvalue weighted by molar-refractivity contribution is 5.35. The van der Waals surface area contributed by atoms with Gasteiger partial charge in [0.2, 0.25) is 0 Å². The smallest absolute Gasteiger partial charge is 0.107 e. The lowest BCUT2D eigenvalue weighted by molar-refractivity contribution is -0.131. The molecule has 0 spiro atoms. The first kappa shape index (κ1) is 12.2. The molecule has 0 amide bonds. The second-order valence-corrected chi connectivity index (χ2v) is 5.21. The third-order valence-electron chi connectivity index (χ3n) is 3.88. The van der Waals surface area contributed by atoms with Gasteiger partial charge in [0.1, 0.15) is 6.10 Å². The molecule has 0 bridgehead atoms. The van der Waals surface area contributed by atoms with E-state index in [9.17, 15) is 5.11 Å². The van der Waals surface area contributed by atoms with Gasteiger partial charge in [-0.2, -0.15) is 0 Å². The second kappa shape index (κ2) is 5.39. The summed E-state index contributed by atoms with van der Waals surface area (Å²) in [5.41, 5.74) is 4.14. The number of hydrogen-bond donors (Lipinski definition) is 1. The Morgan fingerprint density at radius 3 is 2.94 bits per heavy atom. The first-order valence-electron chi connectivity index (χ1n) is 6.81. The van der Waals surface area contributed by atoms with E-state index in [-0.39, 0.29) is 6.10 Å². The zero-order chi connectivity index (χ0) is 12.4. The summed E-state index contributed by atoms with van der Waals surface area (Å²) in [4.78, 5) is 0. The van der Waals surface area contributed by atoms with Gasteiger partial charge >= 0.3 is 0 Å². The van der Waals surface area contributed by atoms with Crippen molar-refractivity contribution < 1.29 is 14.6 Å². The molecule has 1 saturated heterocycles. The third-order valence-corrected chi connectivity index (χ3v) is 3.88. The highest BCUT2D eigenvalue weighted by atomic mass is 16.6. The summed E-state index contributed by atoms with van der Waals surface area (Å²) in [6, 6.07) is 6.59. The summed E-state index contributed by atoms with van der Waals surface area (Å²) in [5, 5.41) is 10.2. The summed E-state index contributed by atoms with van der Waals surface area (Å²) in [6.07, 6.45) is 3.67. The number of hydrogen-bond acceptors (Lipinski definition) is 3. The van der Waals surface area contributed by atoms with Gasteiger partial charge in [-0.15, -0.1) is 0 Å². The van der Waals surface area contributed by atoms with Crippen molar-refractivity contribution in [3.05, 3.63) is 34.9 Å². The SMILES string of the molecule is OC(Cc1ccc2c(c1)CCC2)C1COCCO1. The van der Waals surface area contributed by atoms with E-state index in [1.807, 2.05) is 0 Å². The highest BCUT2D eigenvalue weighted by Gasteiger charge is 2.23. The molecule has 2 aliphatic rings. The Bertz CT molecular complexity index is 410. The Kier molecular flexibility index (Phi) is 3.64. The van der Waals surface area contributed by atoms with E-state index in [1.165, 1.54) is 36.0 Å². The molecule has 1 aliphatic heterocycles. The lowest BCUT2D eigenvalue weighted by Crippen LogP contribution is -2.39. The quantitative estimate of drug-likeness (QED) is 0.881. The van der Waals surface area contributed by atoms with Gasteiger partial charge in [0.25, 0.3) is 0 Å². The monoisotopic (exact) mass is 248 g/mol. The van der Waals surface area contributed by atoms with E-state index < -0.39 is 6.10 Å². The van der Waals surface area contributed by atoms with Crippen LogP contribution < -0.4 is 0 Å². The summed E-state index contributed by atoms with van der Waals surface area (Å²) in [7, 11) is 0.